The van der Waals surface area contributed by atoms with Crippen LogP contribution in [0.25, 0.3) is 0 Å². The van der Waals surface area contributed by atoms with Gasteiger partial charge in [0.1, 0.15) is 0 Å². The maximum Gasteiger partial charge on any atom is 0.290 e. The Bertz CT molecular complexity index is 360. The highest BCUT2D eigenvalue weighted by Gasteiger charge is 2.18. The lowest BCUT2D eigenvalue weighted by molar-refractivity contribution is 0.295. The Balaban J connectivity index is 3.01. The molecule has 16 heavy (non-hydrogen) atoms. The molecule has 0 unspecified atom stereocenters. The van der Waals surface area contributed by atoms with Gasteiger partial charge in [0.15, 0.2) is 5.82 Å². The highest BCUT2D eigenvalue weighted by atomic mass is 16.3. The predicted octanol–water partition coefficient (Wildman–Crippen LogP) is 0.757. The van der Waals surface area contributed by atoms with E-state index in [-0.39, 0.29) is 18.2 Å². The summed E-state index contributed by atoms with van der Waals surface area (Å²) in [6, 6.07) is 0.239. The molecule has 0 aromatic carbocycles. The number of aliphatic hydroxyl groups excluding tert-OH is 1. The average molecular weight is 225 g/mol. The molecule has 1 rings (SSSR count). The van der Waals surface area contributed by atoms with Gasteiger partial charge >= 0.3 is 0 Å². The summed E-state index contributed by atoms with van der Waals surface area (Å²) in [5.74, 6) is 0.394. The van der Waals surface area contributed by atoms with E-state index in [0.29, 0.717) is 12.4 Å². The Labute approximate surface area is 95.1 Å². The first-order chi connectivity index (χ1) is 7.74. The van der Waals surface area contributed by atoms with Gasteiger partial charge in [-0.1, -0.05) is 13.8 Å². The van der Waals surface area contributed by atoms with Crippen molar-refractivity contribution in [1.29, 1.82) is 0 Å². The fourth-order valence-electron chi connectivity index (χ4n) is 1.85. The quantitative estimate of drug-likeness (QED) is 0.750. The number of nitrogens with one attached hydrogen (secondary N) is 1. The Morgan fingerprint density at radius 3 is 2.69 bits per heavy atom. The standard InChI is InChI=1S/C11H19N3O2/c1-3-9(4-2)14(7-8-15)10-11(16)13-6-5-12-10/h5-6,9,15H,3-4,7-8H2,1-2H3,(H,13,16). The maximum absolute atomic E-state index is 11.6. The number of aliphatic hydroxyl groups is 1. The summed E-state index contributed by atoms with van der Waals surface area (Å²) in [6.45, 7) is 4.59. The van der Waals surface area contributed by atoms with Crippen molar-refractivity contribution in [3.63, 3.8) is 0 Å². The van der Waals surface area contributed by atoms with E-state index in [0.717, 1.165) is 12.8 Å². The fraction of sp³-hybridized carbons (Fsp3) is 0.636. The monoisotopic (exact) mass is 225 g/mol. The Kier molecular flexibility index (Phi) is 4.98. The minimum atomic E-state index is -0.206. The highest BCUT2D eigenvalue weighted by Crippen LogP contribution is 2.13. The number of nitrogens with zero attached hydrogens (tertiary/aromatic N) is 2. The number of aromatic amines is 1. The van der Waals surface area contributed by atoms with Gasteiger partial charge in [-0.05, 0) is 12.8 Å². The van der Waals surface area contributed by atoms with Crippen LogP contribution < -0.4 is 10.5 Å². The minimum Gasteiger partial charge on any atom is -0.395 e. The van der Waals surface area contributed by atoms with Crippen LogP contribution in [-0.4, -0.2) is 34.3 Å². The summed E-state index contributed by atoms with van der Waals surface area (Å²) in [6.07, 6.45) is 4.92. The number of hydrogen-bond acceptors (Lipinski definition) is 4. The van der Waals surface area contributed by atoms with Gasteiger partial charge in [0.05, 0.1) is 6.61 Å². The highest BCUT2D eigenvalue weighted by molar-refractivity contribution is 5.36. The summed E-state index contributed by atoms with van der Waals surface area (Å²) < 4.78 is 0. The van der Waals surface area contributed by atoms with Gasteiger partial charge in [-0.3, -0.25) is 4.79 Å². The second-order valence-corrected chi connectivity index (χ2v) is 3.63. The minimum absolute atomic E-state index is 0.0204. The number of hydrogen-bond donors (Lipinski definition) is 2. The molecule has 1 aromatic rings. The number of H-pyrrole nitrogens is 1. The zero-order chi connectivity index (χ0) is 12.0. The fourth-order valence-corrected chi connectivity index (χ4v) is 1.85. The second kappa shape index (κ2) is 6.27. The predicted molar refractivity (Wildman–Crippen MR) is 63.7 cm³/mol. The molecule has 5 nitrogen and oxygen atoms in total. The molecule has 0 fully saturated rings. The Hall–Kier alpha value is -1.36. The van der Waals surface area contributed by atoms with E-state index in [1.54, 1.807) is 6.20 Å². The lowest BCUT2D eigenvalue weighted by Gasteiger charge is -2.30. The molecule has 90 valence electrons. The van der Waals surface area contributed by atoms with Gasteiger partial charge < -0.3 is 15.0 Å². The molecular weight excluding hydrogens is 206 g/mol. The lowest BCUT2D eigenvalue weighted by Crippen LogP contribution is -2.40. The zero-order valence-corrected chi connectivity index (χ0v) is 9.81. The van der Waals surface area contributed by atoms with Gasteiger partial charge in [-0.25, -0.2) is 4.98 Å². The molecular formula is C11H19N3O2. The number of anilines is 1. The largest absolute Gasteiger partial charge is 0.395 e. The van der Waals surface area contributed by atoms with Crippen molar-refractivity contribution in [3.05, 3.63) is 22.7 Å². The molecule has 0 saturated heterocycles. The van der Waals surface area contributed by atoms with Crippen LogP contribution in [-0.2, 0) is 0 Å². The molecule has 0 spiro atoms. The van der Waals surface area contributed by atoms with Crippen molar-refractivity contribution in [3.8, 4) is 0 Å². The van der Waals surface area contributed by atoms with Crippen LogP contribution in [0.3, 0.4) is 0 Å². The van der Waals surface area contributed by atoms with Crippen molar-refractivity contribution >= 4 is 5.82 Å². The van der Waals surface area contributed by atoms with Crippen LogP contribution in [0.1, 0.15) is 26.7 Å². The molecule has 1 aromatic heterocycles. The van der Waals surface area contributed by atoms with Crippen molar-refractivity contribution in [2.75, 3.05) is 18.1 Å². The van der Waals surface area contributed by atoms with Crippen LogP contribution in [0.5, 0.6) is 0 Å². The van der Waals surface area contributed by atoms with Crippen molar-refractivity contribution in [2.45, 2.75) is 32.7 Å². The van der Waals surface area contributed by atoms with E-state index in [4.69, 9.17) is 5.11 Å². The first-order valence-electron chi connectivity index (χ1n) is 5.65. The summed E-state index contributed by atoms with van der Waals surface area (Å²) in [4.78, 5) is 20.2. The molecule has 0 atom stereocenters. The summed E-state index contributed by atoms with van der Waals surface area (Å²) in [5, 5.41) is 9.05. The normalized spacial score (nSPS) is 10.8. The number of aromatic nitrogens is 2. The molecule has 0 amide bonds. The van der Waals surface area contributed by atoms with Gasteiger partial charge in [-0.2, -0.15) is 0 Å². The van der Waals surface area contributed by atoms with Crippen LogP contribution in [0.15, 0.2) is 17.2 Å². The third-order valence-corrected chi connectivity index (χ3v) is 2.69. The third-order valence-electron chi connectivity index (χ3n) is 2.69. The maximum atomic E-state index is 11.6. The van der Waals surface area contributed by atoms with Crippen molar-refractivity contribution < 1.29 is 5.11 Å². The molecule has 1 heterocycles. The molecule has 0 aliphatic carbocycles. The van der Waals surface area contributed by atoms with Crippen LogP contribution in [0.4, 0.5) is 5.82 Å². The topological polar surface area (TPSA) is 69.2 Å². The molecule has 0 radical (unpaired) electrons. The van der Waals surface area contributed by atoms with E-state index < -0.39 is 0 Å². The average Bonchev–Trinajstić information content (AvgIpc) is 2.30. The van der Waals surface area contributed by atoms with Gasteiger partial charge in [0.2, 0.25) is 0 Å². The van der Waals surface area contributed by atoms with Crippen molar-refractivity contribution in [2.24, 2.45) is 0 Å². The molecule has 0 bridgehead atoms. The van der Waals surface area contributed by atoms with Gasteiger partial charge in [0.25, 0.3) is 5.56 Å². The summed E-state index contributed by atoms with van der Waals surface area (Å²) in [5.41, 5.74) is -0.206. The third kappa shape index (κ3) is 2.82. The van der Waals surface area contributed by atoms with E-state index in [1.165, 1.54) is 6.20 Å². The summed E-state index contributed by atoms with van der Waals surface area (Å²) >= 11 is 0. The Morgan fingerprint density at radius 2 is 2.19 bits per heavy atom. The van der Waals surface area contributed by atoms with Gasteiger partial charge in [0, 0.05) is 25.0 Å². The molecule has 5 heteroatoms. The Morgan fingerprint density at radius 1 is 1.50 bits per heavy atom. The van der Waals surface area contributed by atoms with Crippen molar-refractivity contribution in [1.82, 2.24) is 9.97 Å². The zero-order valence-electron chi connectivity index (χ0n) is 9.81. The van der Waals surface area contributed by atoms with Crippen LogP contribution >= 0.6 is 0 Å². The van der Waals surface area contributed by atoms with E-state index >= 15 is 0 Å². The lowest BCUT2D eigenvalue weighted by atomic mass is 10.1. The van der Waals surface area contributed by atoms with E-state index in [1.807, 2.05) is 4.90 Å². The van der Waals surface area contributed by atoms with Crippen LogP contribution in [0.2, 0.25) is 0 Å². The number of rotatable bonds is 6. The molecule has 2 N–H and O–H groups in total. The summed E-state index contributed by atoms with van der Waals surface area (Å²) in [7, 11) is 0. The first kappa shape index (κ1) is 12.7. The van der Waals surface area contributed by atoms with E-state index in [9.17, 15) is 4.79 Å². The molecule has 0 aliphatic rings. The molecule has 0 aliphatic heterocycles. The van der Waals surface area contributed by atoms with Gasteiger partial charge in [-0.15, -0.1) is 0 Å². The second-order valence-electron chi connectivity index (χ2n) is 3.63. The smallest absolute Gasteiger partial charge is 0.290 e. The first-order valence-corrected chi connectivity index (χ1v) is 5.65. The van der Waals surface area contributed by atoms with E-state index in [2.05, 4.69) is 23.8 Å². The SMILES string of the molecule is CCC(CC)N(CCO)c1ncc[nH]c1=O. The van der Waals surface area contributed by atoms with Crippen LogP contribution in [0, 0.1) is 0 Å². The molecule has 0 saturated carbocycles.